The van der Waals surface area contributed by atoms with Gasteiger partial charge in [0, 0.05) is 57.2 Å². The van der Waals surface area contributed by atoms with E-state index in [-0.39, 0.29) is 0 Å². The average Bonchev–Trinajstić information content (AvgIpc) is 3.11. The van der Waals surface area contributed by atoms with Gasteiger partial charge in [0.1, 0.15) is 0 Å². The van der Waals surface area contributed by atoms with Crippen molar-refractivity contribution in [3.63, 3.8) is 0 Å². The van der Waals surface area contributed by atoms with Crippen molar-refractivity contribution in [2.45, 2.75) is 13.0 Å². The van der Waals surface area contributed by atoms with Crippen molar-refractivity contribution in [1.82, 2.24) is 9.80 Å². The molecular formula is C19H23Cl2N3S. The van der Waals surface area contributed by atoms with Gasteiger partial charge in [-0.1, -0.05) is 29.3 Å². The number of benzene rings is 1. The number of hydrogen-bond donors (Lipinski definition) is 0. The molecule has 0 amide bonds. The molecule has 3 heterocycles. The Kier molecular flexibility index (Phi) is 5.53. The second kappa shape index (κ2) is 7.85. The van der Waals surface area contributed by atoms with Crippen LogP contribution in [0.25, 0.3) is 0 Å². The van der Waals surface area contributed by atoms with Gasteiger partial charge < -0.3 is 4.90 Å². The normalized spacial score (nSPS) is 19.2. The van der Waals surface area contributed by atoms with Crippen LogP contribution in [0.15, 0.2) is 29.6 Å². The Bertz CT molecular complexity index is 725. The zero-order valence-corrected chi connectivity index (χ0v) is 16.6. The molecule has 0 radical (unpaired) electrons. The quantitative estimate of drug-likeness (QED) is 0.766. The Morgan fingerprint density at radius 3 is 2.56 bits per heavy atom. The highest BCUT2D eigenvalue weighted by Gasteiger charge is 2.21. The second-order valence-corrected chi connectivity index (χ2v) is 8.58. The summed E-state index contributed by atoms with van der Waals surface area (Å²) in [7, 11) is 0. The molecule has 0 N–H and O–H groups in total. The molecule has 2 aromatic rings. The number of anilines is 1. The minimum absolute atomic E-state index is 0.638. The van der Waals surface area contributed by atoms with Crippen LogP contribution in [0, 0.1) is 0 Å². The van der Waals surface area contributed by atoms with Gasteiger partial charge in [0.15, 0.2) is 0 Å². The summed E-state index contributed by atoms with van der Waals surface area (Å²) in [4.78, 5) is 9.10. The molecular weight excluding hydrogens is 373 g/mol. The van der Waals surface area contributed by atoms with Crippen molar-refractivity contribution in [3.8, 4) is 0 Å². The maximum Gasteiger partial charge on any atom is 0.0825 e. The van der Waals surface area contributed by atoms with Gasteiger partial charge >= 0.3 is 0 Å². The number of hydrogen-bond acceptors (Lipinski definition) is 4. The van der Waals surface area contributed by atoms with E-state index in [9.17, 15) is 0 Å². The van der Waals surface area contributed by atoms with Crippen molar-refractivity contribution in [3.05, 3.63) is 50.1 Å². The van der Waals surface area contributed by atoms with Crippen molar-refractivity contribution in [2.24, 2.45) is 0 Å². The van der Waals surface area contributed by atoms with E-state index in [0.717, 1.165) is 51.5 Å². The summed E-state index contributed by atoms with van der Waals surface area (Å²) < 4.78 is 0. The van der Waals surface area contributed by atoms with E-state index in [2.05, 4.69) is 32.2 Å². The van der Waals surface area contributed by atoms with Gasteiger partial charge in [-0.2, -0.15) is 0 Å². The summed E-state index contributed by atoms with van der Waals surface area (Å²) in [5.74, 6) is 0. The first-order valence-electron chi connectivity index (χ1n) is 8.89. The molecule has 134 valence electrons. The molecule has 0 aliphatic carbocycles. The third-order valence-corrected chi connectivity index (χ3v) is 7.10. The summed E-state index contributed by atoms with van der Waals surface area (Å²) in [5, 5.41) is 3.55. The van der Waals surface area contributed by atoms with Gasteiger partial charge in [-0.15, -0.1) is 11.3 Å². The van der Waals surface area contributed by atoms with Gasteiger partial charge in [-0.25, -0.2) is 0 Å². The Balaban J connectivity index is 1.26. The number of fused-ring (bicyclic) bond motifs is 1. The largest absolute Gasteiger partial charge is 0.368 e. The van der Waals surface area contributed by atoms with Crippen LogP contribution in [0.5, 0.6) is 0 Å². The lowest BCUT2D eigenvalue weighted by molar-refractivity contribution is 0.187. The molecule has 0 bridgehead atoms. The summed E-state index contributed by atoms with van der Waals surface area (Å²) in [6.45, 7) is 8.82. The van der Waals surface area contributed by atoms with E-state index in [1.54, 1.807) is 4.88 Å². The van der Waals surface area contributed by atoms with E-state index in [4.69, 9.17) is 23.2 Å². The fourth-order valence-corrected chi connectivity index (χ4v) is 5.03. The standard InChI is InChI=1S/C19H23Cl2N3S/c20-16-2-1-3-17(19(16)21)24-11-9-22(10-12-24)7-8-23-6-4-18-15(14-23)5-13-25-18/h1-3,5,13H,4,6-12,14H2. The fraction of sp³-hybridized carbons (Fsp3) is 0.474. The predicted molar refractivity (Wildman–Crippen MR) is 108 cm³/mol. The number of nitrogens with zero attached hydrogens (tertiary/aromatic N) is 3. The zero-order chi connectivity index (χ0) is 17.2. The number of rotatable bonds is 4. The molecule has 1 aromatic carbocycles. The Hall–Kier alpha value is -0.780. The first-order valence-corrected chi connectivity index (χ1v) is 10.5. The second-order valence-electron chi connectivity index (χ2n) is 6.80. The number of piperazine rings is 1. The van der Waals surface area contributed by atoms with Crippen LogP contribution in [0.2, 0.25) is 10.0 Å². The minimum Gasteiger partial charge on any atom is -0.368 e. The molecule has 1 aromatic heterocycles. The van der Waals surface area contributed by atoms with E-state index < -0.39 is 0 Å². The van der Waals surface area contributed by atoms with Gasteiger partial charge in [0.2, 0.25) is 0 Å². The van der Waals surface area contributed by atoms with Crippen LogP contribution in [0.1, 0.15) is 10.4 Å². The fourth-order valence-electron chi connectivity index (χ4n) is 3.73. The van der Waals surface area contributed by atoms with Gasteiger partial charge in [0.05, 0.1) is 15.7 Å². The van der Waals surface area contributed by atoms with Crippen molar-refractivity contribution >= 4 is 40.2 Å². The average molecular weight is 396 g/mol. The topological polar surface area (TPSA) is 9.72 Å². The molecule has 6 heteroatoms. The maximum atomic E-state index is 6.36. The Morgan fingerprint density at radius 2 is 1.72 bits per heavy atom. The molecule has 2 aliphatic heterocycles. The van der Waals surface area contributed by atoms with E-state index in [0.29, 0.717) is 10.0 Å². The van der Waals surface area contributed by atoms with Crippen molar-refractivity contribution in [1.29, 1.82) is 0 Å². The van der Waals surface area contributed by atoms with Crippen LogP contribution in [0.3, 0.4) is 0 Å². The lowest BCUT2D eigenvalue weighted by atomic mass is 10.1. The van der Waals surface area contributed by atoms with E-state index in [1.807, 2.05) is 23.5 Å². The lowest BCUT2D eigenvalue weighted by Gasteiger charge is -2.37. The Labute approximate surface area is 163 Å². The van der Waals surface area contributed by atoms with Crippen LogP contribution >= 0.6 is 34.5 Å². The molecule has 2 aliphatic rings. The number of halogens is 2. The van der Waals surface area contributed by atoms with Crippen LogP contribution < -0.4 is 4.90 Å². The molecule has 1 fully saturated rings. The summed E-state index contributed by atoms with van der Waals surface area (Å²) in [6.07, 6.45) is 1.22. The first kappa shape index (κ1) is 17.6. The summed E-state index contributed by atoms with van der Waals surface area (Å²) >= 11 is 14.4. The highest BCUT2D eigenvalue weighted by Crippen LogP contribution is 2.32. The van der Waals surface area contributed by atoms with Gasteiger partial charge in [-0.3, -0.25) is 9.80 Å². The van der Waals surface area contributed by atoms with Crippen LogP contribution in [0.4, 0.5) is 5.69 Å². The smallest absolute Gasteiger partial charge is 0.0825 e. The van der Waals surface area contributed by atoms with Gasteiger partial charge in [0.25, 0.3) is 0 Å². The van der Waals surface area contributed by atoms with Crippen LogP contribution in [-0.4, -0.2) is 55.6 Å². The van der Waals surface area contributed by atoms with Crippen molar-refractivity contribution < 1.29 is 0 Å². The summed E-state index contributed by atoms with van der Waals surface area (Å²) in [6, 6.07) is 8.18. The van der Waals surface area contributed by atoms with Crippen molar-refractivity contribution in [2.75, 3.05) is 50.7 Å². The molecule has 0 unspecified atom stereocenters. The minimum atomic E-state index is 0.638. The molecule has 25 heavy (non-hydrogen) atoms. The predicted octanol–water partition coefficient (Wildman–Crippen LogP) is 4.24. The van der Waals surface area contributed by atoms with Crippen LogP contribution in [-0.2, 0) is 13.0 Å². The molecule has 1 saturated heterocycles. The SMILES string of the molecule is Clc1cccc(N2CCN(CCN3CCc4sccc4C3)CC2)c1Cl. The number of thiophene rings is 1. The third kappa shape index (κ3) is 3.99. The van der Waals surface area contributed by atoms with Gasteiger partial charge in [-0.05, 0) is 35.6 Å². The van der Waals surface area contributed by atoms with E-state index in [1.165, 1.54) is 18.5 Å². The molecule has 0 atom stereocenters. The highest BCUT2D eigenvalue weighted by atomic mass is 35.5. The third-order valence-electron chi connectivity index (χ3n) is 5.26. The lowest BCUT2D eigenvalue weighted by Crippen LogP contribution is -2.48. The molecule has 0 spiro atoms. The molecule has 4 rings (SSSR count). The Morgan fingerprint density at radius 1 is 0.920 bits per heavy atom. The zero-order valence-electron chi connectivity index (χ0n) is 14.3. The monoisotopic (exact) mass is 395 g/mol. The molecule has 3 nitrogen and oxygen atoms in total. The molecule has 0 saturated carbocycles. The van der Waals surface area contributed by atoms with E-state index >= 15 is 0 Å². The highest BCUT2D eigenvalue weighted by molar-refractivity contribution is 7.10. The maximum absolute atomic E-state index is 6.36. The first-order chi connectivity index (χ1) is 12.2. The summed E-state index contributed by atoms with van der Waals surface area (Å²) in [5.41, 5.74) is 2.60.